The Bertz CT molecular complexity index is 1080. The minimum absolute atomic E-state index is 0.0190. The molecule has 1 amide bonds. The van der Waals surface area contributed by atoms with E-state index < -0.39 is 11.7 Å². The monoisotopic (exact) mass is 399 g/mol. The fourth-order valence-electron chi connectivity index (χ4n) is 3.38. The number of benzene rings is 1. The Kier molecular flexibility index (Phi) is 4.87. The van der Waals surface area contributed by atoms with Crippen molar-refractivity contribution in [3.8, 4) is 5.82 Å². The molecule has 2 N–H and O–H groups in total. The third-order valence-electron chi connectivity index (χ3n) is 4.73. The van der Waals surface area contributed by atoms with E-state index >= 15 is 0 Å². The number of nitrogens with one attached hydrogen (secondary N) is 2. The second kappa shape index (κ2) is 7.33. The molecule has 144 valence electrons. The van der Waals surface area contributed by atoms with E-state index in [0.717, 1.165) is 17.0 Å². The van der Waals surface area contributed by atoms with Gasteiger partial charge in [0.15, 0.2) is 5.82 Å². The molecule has 4 rings (SSSR count). The molecule has 0 saturated carbocycles. The van der Waals surface area contributed by atoms with Gasteiger partial charge in [-0.2, -0.15) is 5.10 Å². The summed E-state index contributed by atoms with van der Waals surface area (Å²) in [6, 6.07) is 8.57. The lowest BCUT2D eigenvalue weighted by molar-refractivity contribution is 0.102. The van der Waals surface area contributed by atoms with Crippen molar-refractivity contribution in [1.82, 2.24) is 20.1 Å². The van der Waals surface area contributed by atoms with Gasteiger partial charge < -0.3 is 10.6 Å². The summed E-state index contributed by atoms with van der Waals surface area (Å²) in [5.41, 5.74) is 3.40. The molecule has 1 aromatic carbocycles. The van der Waals surface area contributed by atoms with Gasteiger partial charge in [0, 0.05) is 12.2 Å². The van der Waals surface area contributed by atoms with Crippen molar-refractivity contribution in [2.45, 2.75) is 26.8 Å². The van der Waals surface area contributed by atoms with Crippen LogP contribution in [-0.4, -0.2) is 27.2 Å². The van der Waals surface area contributed by atoms with Gasteiger partial charge in [0.1, 0.15) is 11.5 Å². The van der Waals surface area contributed by atoms with E-state index in [1.54, 1.807) is 22.9 Å². The first-order valence-electron chi connectivity index (χ1n) is 8.96. The zero-order valence-electron chi connectivity index (χ0n) is 15.5. The molecule has 0 bridgehead atoms. The molecule has 3 aromatic rings. The van der Waals surface area contributed by atoms with Gasteiger partial charge in [-0.1, -0.05) is 17.7 Å². The lowest BCUT2D eigenvalue weighted by Gasteiger charge is -2.19. The number of fused-ring (bicyclic) bond motifs is 1. The fraction of sp³-hybridized carbons (Fsp3) is 0.250. The second-order valence-corrected chi connectivity index (χ2v) is 7.19. The predicted molar refractivity (Wildman–Crippen MR) is 106 cm³/mol. The highest BCUT2D eigenvalue weighted by Gasteiger charge is 2.20. The number of carbonyl (C=O) groups excluding carboxylic acids is 1. The van der Waals surface area contributed by atoms with Crippen LogP contribution in [0.3, 0.4) is 0 Å². The molecule has 2 aromatic heterocycles. The van der Waals surface area contributed by atoms with Crippen molar-refractivity contribution in [1.29, 1.82) is 0 Å². The topological polar surface area (TPSA) is 71.8 Å². The molecule has 6 nitrogen and oxygen atoms in total. The van der Waals surface area contributed by atoms with E-state index in [1.807, 2.05) is 26.0 Å². The molecule has 0 radical (unpaired) electrons. The zero-order chi connectivity index (χ0) is 19.8. The first kappa shape index (κ1) is 18.6. The Morgan fingerprint density at radius 2 is 2.11 bits per heavy atom. The van der Waals surface area contributed by atoms with Crippen LogP contribution in [0.2, 0.25) is 5.02 Å². The molecule has 0 spiro atoms. The average molecular weight is 400 g/mol. The number of aryl methyl sites for hydroxylation is 2. The third kappa shape index (κ3) is 3.39. The number of carbonyl (C=O) groups is 1. The number of halogens is 2. The molecule has 0 aliphatic carbocycles. The third-order valence-corrected chi connectivity index (χ3v) is 5.03. The minimum Gasteiger partial charge on any atom is -0.318 e. The summed E-state index contributed by atoms with van der Waals surface area (Å²) in [5, 5.41) is 10.4. The quantitative estimate of drug-likeness (QED) is 0.706. The number of hydrogen-bond acceptors (Lipinski definition) is 4. The van der Waals surface area contributed by atoms with E-state index in [1.165, 1.54) is 0 Å². The summed E-state index contributed by atoms with van der Waals surface area (Å²) >= 11 is 6.19. The minimum atomic E-state index is -0.568. The molecule has 0 unspecified atom stereocenters. The van der Waals surface area contributed by atoms with Crippen molar-refractivity contribution in [2.24, 2.45) is 0 Å². The van der Waals surface area contributed by atoms with Crippen LogP contribution in [0.25, 0.3) is 5.82 Å². The Labute approximate surface area is 166 Å². The number of hydrogen-bond donors (Lipinski definition) is 2. The molecule has 8 heteroatoms. The molecule has 1 aliphatic heterocycles. The van der Waals surface area contributed by atoms with Crippen LogP contribution in [-0.2, 0) is 13.0 Å². The van der Waals surface area contributed by atoms with Crippen LogP contribution >= 0.6 is 11.6 Å². The van der Waals surface area contributed by atoms with Crippen molar-refractivity contribution < 1.29 is 9.18 Å². The summed E-state index contributed by atoms with van der Waals surface area (Å²) in [5.74, 6) is -0.503. The number of nitrogens with zero attached hydrogens (tertiary/aromatic N) is 3. The smallest absolute Gasteiger partial charge is 0.275 e. The van der Waals surface area contributed by atoms with Gasteiger partial charge in [-0.25, -0.2) is 14.1 Å². The predicted octanol–water partition coefficient (Wildman–Crippen LogP) is 3.57. The number of aromatic nitrogens is 3. The number of rotatable bonds is 3. The van der Waals surface area contributed by atoms with Gasteiger partial charge in [0.05, 0.1) is 16.4 Å². The molecule has 0 fully saturated rings. The molecule has 3 heterocycles. The van der Waals surface area contributed by atoms with E-state index in [9.17, 15) is 9.18 Å². The normalized spacial score (nSPS) is 13.3. The van der Waals surface area contributed by atoms with Crippen LogP contribution in [0.4, 0.5) is 10.1 Å². The molecule has 28 heavy (non-hydrogen) atoms. The first-order valence-corrected chi connectivity index (χ1v) is 9.34. The number of pyridine rings is 1. The van der Waals surface area contributed by atoms with Crippen molar-refractivity contribution in [3.63, 3.8) is 0 Å². The SMILES string of the molecule is Cc1cc(C)n(-c2ccc(Cl)c(C(=O)Nc3ccc4c(c3F)CCNC4)n2)n1. The maximum absolute atomic E-state index is 14.8. The molecule has 0 saturated heterocycles. The highest BCUT2D eigenvalue weighted by atomic mass is 35.5. The summed E-state index contributed by atoms with van der Waals surface area (Å²) in [6.07, 6.45) is 0.581. The van der Waals surface area contributed by atoms with Gasteiger partial charge in [0.25, 0.3) is 5.91 Å². The van der Waals surface area contributed by atoms with Gasteiger partial charge >= 0.3 is 0 Å². The summed E-state index contributed by atoms with van der Waals surface area (Å²) in [6.45, 7) is 5.10. The first-order chi connectivity index (χ1) is 13.4. The Morgan fingerprint density at radius 3 is 2.86 bits per heavy atom. The maximum Gasteiger partial charge on any atom is 0.275 e. The highest BCUT2D eigenvalue weighted by molar-refractivity contribution is 6.34. The van der Waals surface area contributed by atoms with Crippen LogP contribution in [0, 0.1) is 19.7 Å². The molecular weight excluding hydrogens is 381 g/mol. The standard InChI is InChI=1S/C20H19ClFN5O/c1-11-9-12(2)27(26-11)17-6-4-15(21)19(25-17)20(28)24-16-5-3-13-10-23-8-7-14(13)18(16)22/h3-6,9,23H,7-8,10H2,1-2H3,(H,24,28). The van der Waals surface area contributed by atoms with E-state index in [-0.39, 0.29) is 16.4 Å². The zero-order valence-corrected chi connectivity index (χ0v) is 16.3. The molecule has 1 aliphatic rings. The average Bonchev–Trinajstić information content (AvgIpc) is 3.02. The van der Waals surface area contributed by atoms with Crippen LogP contribution < -0.4 is 10.6 Å². The fourth-order valence-corrected chi connectivity index (χ4v) is 3.57. The van der Waals surface area contributed by atoms with Gasteiger partial charge in [0.2, 0.25) is 0 Å². The van der Waals surface area contributed by atoms with E-state index in [2.05, 4.69) is 20.7 Å². The largest absolute Gasteiger partial charge is 0.318 e. The number of amides is 1. The summed E-state index contributed by atoms with van der Waals surface area (Å²) in [4.78, 5) is 17.1. The summed E-state index contributed by atoms with van der Waals surface area (Å²) < 4.78 is 16.5. The lowest BCUT2D eigenvalue weighted by atomic mass is 9.99. The van der Waals surface area contributed by atoms with Crippen molar-refractivity contribution >= 4 is 23.2 Å². The molecular formula is C20H19ClFN5O. The van der Waals surface area contributed by atoms with Gasteiger partial charge in [-0.05, 0) is 62.2 Å². The summed E-state index contributed by atoms with van der Waals surface area (Å²) in [7, 11) is 0. The van der Waals surface area contributed by atoms with Crippen LogP contribution in [0.15, 0.2) is 30.3 Å². The second-order valence-electron chi connectivity index (χ2n) is 6.78. The Balaban J connectivity index is 1.65. The number of anilines is 1. The van der Waals surface area contributed by atoms with Gasteiger partial charge in [-0.15, -0.1) is 0 Å². The van der Waals surface area contributed by atoms with Crippen LogP contribution in [0.1, 0.15) is 33.0 Å². The van der Waals surface area contributed by atoms with Gasteiger partial charge in [-0.3, -0.25) is 4.79 Å². The Hall–Kier alpha value is -2.77. The van der Waals surface area contributed by atoms with E-state index in [4.69, 9.17) is 11.6 Å². The highest BCUT2D eigenvalue weighted by Crippen LogP contribution is 2.26. The molecule has 0 atom stereocenters. The maximum atomic E-state index is 14.8. The Morgan fingerprint density at radius 1 is 1.29 bits per heavy atom. The van der Waals surface area contributed by atoms with Crippen molar-refractivity contribution in [3.05, 3.63) is 69.4 Å². The lowest BCUT2D eigenvalue weighted by Crippen LogP contribution is -2.25. The van der Waals surface area contributed by atoms with Crippen molar-refractivity contribution in [2.75, 3.05) is 11.9 Å². The van der Waals surface area contributed by atoms with Crippen LogP contribution in [0.5, 0.6) is 0 Å². The van der Waals surface area contributed by atoms with E-state index in [0.29, 0.717) is 30.9 Å².